The SMILES string of the molecule is CC(CC(=O)N(C)CCOc1ccccc1)C1CCCNC1. The van der Waals surface area contributed by atoms with Crippen LogP contribution in [0.2, 0.25) is 0 Å². The third-order valence-corrected chi connectivity index (χ3v) is 4.50. The van der Waals surface area contributed by atoms with E-state index in [1.54, 1.807) is 4.90 Å². The maximum atomic E-state index is 12.3. The van der Waals surface area contributed by atoms with Crippen molar-refractivity contribution in [1.82, 2.24) is 10.2 Å². The van der Waals surface area contributed by atoms with E-state index in [-0.39, 0.29) is 5.91 Å². The number of ether oxygens (including phenoxy) is 1. The molecule has 1 heterocycles. The number of amides is 1. The number of nitrogens with zero attached hydrogens (tertiary/aromatic N) is 1. The van der Waals surface area contributed by atoms with Gasteiger partial charge in [0.25, 0.3) is 0 Å². The number of nitrogens with one attached hydrogen (secondary N) is 1. The van der Waals surface area contributed by atoms with Gasteiger partial charge in [0.05, 0.1) is 6.54 Å². The van der Waals surface area contributed by atoms with Crippen molar-refractivity contribution in [2.24, 2.45) is 11.8 Å². The van der Waals surface area contributed by atoms with Gasteiger partial charge in [-0.1, -0.05) is 25.1 Å². The summed E-state index contributed by atoms with van der Waals surface area (Å²) in [6, 6.07) is 9.72. The number of piperidine rings is 1. The van der Waals surface area contributed by atoms with Gasteiger partial charge >= 0.3 is 0 Å². The molecule has 1 fully saturated rings. The highest BCUT2D eigenvalue weighted by Crippen LogP contribution is 2.23. The van der Waals surface area contributed by atoms with Gasteiger partial charge in [0.1, 0.15) is 12.4 Å². The largest absolute Gasteiger partial charge is 0.492 e. The normalized spacial score (nSPS) is 19.5. The van der Waals surface area contributed by atoms with Gasteiger partial charge < -0.3 is 15.0 Å². The van der Waals surface area contributed by atoms with Gasteiger partial charge in [0.15, 0.2) is 0 Å². The number of carbonyl (C=O) groups is 1. The second-order valence-electron chi connectivity index (χ2n) is 6.26. The van der Waals surface area contributed by atoms with E-state index in [2.05, 4.69) is 12.2 Å². The Morgan fingerprint density at radius 2 is 2.18 bits per heavy atom. The minimum absolute atomic E-state index is 0.217. The molecule has 1 aliphatic rings. The molecule has 1 N–H and O–H groups in total. The predicted octanol–water partition coefficient (Wildman–Crippen LogP) is 2.55. The molecule has 1 saturated heterocycles. The Labute approximate surface area is 133 Å². The molecule has 0 radical (unpaired) electrons. The molecule has 2 unspecified atom stereocenters. The number of likely N-dealkylation sites (N-methyl/N-ethyl adjacent to an activating group) is 1. The molecule has 4 heteroatoms. The van der Waals surface area contributed by atoms with Gasteiger partial charge in [-0.2, -0.15) is 0 Å². The summed E-state index contributed by atoms with van der Waals surface area (Å²) in [5.41, 5.74) is 0. The molecule has 0 aliphatic carbocycles. The van der Waals surface area contributed by atoms with Crippen LogP contribution < -0.4 is 10.1 Å². The van der Waals surface area contributed by atoms with E-state index in [1.165, 1.54) is 12.8 Å². The van der Waals surface area contributed by atoms with E-state index in [1.807, 2.05) is 37.4 Å². The molecule has 2 atom stereocenters. The van der Waals surface area contributed by atoms with Crippen molar-refractivity contribution in [1.29, 1.82) is 0 Å². The topological polar surface area (TPSA) is 41.6 Å². The second-order valence-corrected chi connectivity index (χ2v) is 6.26. The van der Waals surface area contributed by atoms with Crippen molar-refractivity contribution < 1.29 is 9.53 Å². The highest BCUT2D eigenvalue weighted by Gasteiger charge is 2.23. The van der Waals surface area contributed by atoms with Crippen molar-refractivity contribution in [3.05, 3.63) is 30.3 Å². The summed E-state index contributed by atoms with van der Waals surface area (Å²) in [5.74, 6) is 2.14. The van der Waals surface area contributed by atoms with Crippen molar-refractivity contribution >= 4 is 5.91 Å². The van der Waals surface area contributed by atoms with E-state index >= 15 is 0 Å². The first kappa shape index (κ1) is 16.8. The first-order valence-corrected chi connectivity index (χ1v) is 8.29. The lowest BCUT2D eigenvalue weighted by Crippen LogP contribution is -2.37. The lowest BCUT2D eigenvalue weighted by Gasteiger charge is -2.29. The van der Waals surface area contributed by atoms with Crippen LogP contribution in [0.5, 0.6) is 5.75 Å². The van der Waals surface area contributed by atoms with E-state index in [0.29, 0.717) is 31.4 Å². The number of hydrogen-bond donors (Lipinski definition) is 1. The zero-order chi connectivity index (χ0) is 15.8. The van der Waals surface area contributed by atoms with Gasteiger partial charge in [-0.25, -0.2) is 0 Å². The average molecular weight is 304 g/mol. The summed E-state index contributed by atoms with van der Waals surface area (Å²) < 4.78 is 5.64. The molecular formula is C18H28N2O2. The monoisotopic (exact) mass is 304 g/mol. The zero-order valence-electron chi connectivity index (χ0n) is 13.8. The van der Waals surface area contributed by atoms with Crippen LogP contribution in [0.15, 0.2) is 30.3 Å². The van der Waals surface area contributed by atoms with Crippen LogP contribution in [0.4, 0.5) is 0 Å². The number of hydrogen-bond acceptors (Lipinski definition) is 3. The molecule has 0 aromatic heterocycles. The van der Waals surface area contributed by atoms with Gasteiger partial charge in [-0.3, -0.25) is 4.79 Å². The van der Waals surface area contributed by atoms with Crippen molar-refractivity contribution in [3.8, 4) is 5.75 Å². The summed E-state index contributed by atoms with van der Waals surface area (Å²) in [6.45, 7) is 5.53. The smallest absolute Gasteiger partial charge is 0.222 e. The Bertz CT molecular complexity index is 444. The molecule has 1 aromatic rings. The Morgan fingerprint density at radius 3 is 2.86 bits per heavy atom. The van der Waals surface area contributed by atoms with Gasteiger partial charge in [0.2, 0.25) is 5.91 Å². The van der Waals surface area contributed by atoms with E-state index in [4.69, 9.17) is 4.74 Å². The molecular weight excluding hydrogens is 276 g/mol. The van der Waals surface area contributed by atoms with Crippen molar-refractivity contribution in [2.75, 3.05) is 33.3 Å². The molecule has 1 amide bonds. The Hall–Kier alpha value is -1.55. The summed E-state index contributed by atoms with van der Waals surface area (Å²) in [7, 11) is 1.86. The first-order chi connectivity index (χ1) is 10.7. The van der Waals surface area contributed by atoms with E-state index < -0.39 is 0 Å². The quantitative estimate of drug-likeness (QED) is 0.842. The Morgan fingerprint density at radius 1 is 1.41 bits per heavy atom. The van der Waals surface area contributed by atoms with Crippen molar-refractivity contribution in [3.63, 3.8) is 0 Å². The predicted molar refractivity (Wildman–Crippen MR) is 88.9 cm³/mol. The first-order valence-electron chi connectivity index (χ1n) is 8.29. The van der Waals surface area contributed by atoms with E-state index in [0.717, 1.165) is 18.8 Å². The second kappa shape index (κ2) is 8.79. The average Bonchev–Trinajstić information content (AvgIpc) is 2.56. The Balaban J connectivity index is 1.67. The van der Waals surface area contributed by atoms with Crippen LogP contribution in [0, 0.1) is 11.8 Å². The Kier molecular flexibility index (Phi) is 6.72. The minimum Gasteiger partial charge on any atom is -0.492 e. The maximum Gasteiger partial charge on any atom is 0.222 e. The van der Waals surface area contributed by atoms with E-state index in [9.17, 15) is 4.79 Å². The van der Waals surface area contributed by atoms with Crippen LogP contribution in [0.1, 0.15) is 26.2 Å². The number of para-hydroxylation sites is 1. The van der Waals surface area contributed by atoms with Crippen LogP contribution in [0.25, 0.3) is 0 Å². The highest BCUT2D eigenvalue weighted by molar-refractivity contribution is 5.76. The molecule has 2 rings (SSSR count). The molecule has 0 spiro atoms. The van der Waals surface area contributed by atoms with Gasteiger partial charge in [0, 0.05) is 13.5 Å². The van der Waals surface area contributed by atoms with Crippen molar-refractivity contribution in [2.45, 2.75) is 26.2 Å². The summed E-state index contributed by atoms with van der Waals surface area (Å²) in [6.07, 6.45) is 3.10. The summed E-state index contributed by atoms with van der Waals surface area (Å²) in [5, 5.41) is 3.43. The summed E-state index contributed by atoms with van der Waals surface area (Å²) in [4.78, 5) is 14.1. The lowest BCUT2D eigenvalue weighted by atomic mass is 9.85. The molecule has 122 valence electrons. The molecule has 4 nitrogen and oxygen atoms in total. The van der Waals surface area contributed by atoms with Crippen LogP contribution >= 0.6 is 0 Å². The standard InChI is InChI=1S/C18H28N2O2/c1-15(16-7-6-10-19-14-16)13-18(21)20(2)11-12-22-17-8-4-3-5-9-17/h3-5,8-9,15-16,19H,6-7,10-14H2,1-2H3. The molecule has 0 bridgehead atoms. The third kappa shape index (κ3) is 5.34. The number of benzene rings is 1. The molecule has 0 saturated carbocycles. The molecule has 1 aliphatic heterocycles. The van der Waals surface area contributed by atoms with Gasteiger partial charge in [-0.05, 0) is 49.9 Å². The lowest BCUT2D eigenvalue weighted by molar-refractivity contribution is -0.131. The summed E-state index contributed by atoms with van der Waals surface area (Å²) >= 11 is 0. The fraction of sp³-hybridized carbons (Fsp3) is 0.611. The maximum absolute atomic E-state index is 12.3. The third-order valence-electron chi connectivity index (χ3n) is 4.50. The fourth-order valence-corrected chi connectivity index (χ4v) is 2.90. The number of carbonyl (C=O) groups excluding carboxylic acids is 1. The van der Waals surface area contributed by atoms with Crippen LogP contribution in [0.3, 0.4) is 0 Å². The minimum atomic E-state index is 0.217. The van der Waals surface area contributed by atoms with Gasteiger partial charge in [-0.15, -0.1) is 0 Å². The molecule has 22 heavy (non-hydrogen) atoms. The van der Waals surface area contributed by atoms with Crippen LogP contribution in [-0.4, -0.2) is 44.1 Å². The number of rotatable bonds is 7. The van der Waals surface area contributed by atoms with Crippen LogP contribution in [-0.2, 0) is 4.79 Å². The fourth-order valence-electron chi connectivity index (χ4n) is 2.90. The molecule has 1 aromatic carbocycles. The zero-order valence-corrected chi connectivity index (χ0v) is 13.8. The highest BCUT2D eigenvalue weighted by atomic mass is 16.5.